The summed E-state index contributed by atoms with van der Waals surface area (Å²) in [6, 6.07) is 7.94. The number of anilines is 1. The average molecular weight is 280 g/mol. The first-order valence-corrected chi connectivity index (χ1v) is 6.96. The van der Waals surface area contributed by atoms with E-state index in [4.69, 9.17) is 4.74 Å². The van der Waals surface area contributed by atoms with Crippen LogP contribution < -0.4 is 10.1 Å². The molecule has 0 radical (unpaired) electrons. The van der Waals surface area contributed by atoms with Gasteiger partial charge in [0.15, 0.2) is 0 Å². The molecule has 0 aliphatic heterocycles. The summed E-state index contributed by atoms with van der Waals surface area (Å²) in [6.45, 7) is 0.581. The first-order chi connectivity index (χ1) is 10.3. The lowest BCUT2D eigenvalue weighted by molar-refractivity contribution is 0.397. The van der Waals surface area contributed by atoms with Crippen LogP contribution in [0, 0.1) is 11.3 Å². The summed E-state index contributed by atoms with van der Waals surface area (Å²) in [7, 11) is 1.59. The van der Waals surface area contributed by atoms with Crippen molar-refractivity contribution in [3.8, 4) is 11.9 Å². The number of pyridine rings is 2. The molecule has 0 fully saturated rings. The number of ether oxygens (including phenoxy) is 1. The van der Waals surface area contributed by atoms with E-state index in [1.54, 1.807) is 13.3 Å². The van der Waals surface area contributed by atoms with Crippen molar-refractivity contribution < 1.29 is 4.74 Å². The number of fused-ring (bicyclic) bond motifs is 1. The van der Waals surface area contributed by atoms with Crippen LogP contribution in [0.3, 0.4) is 0 Å². The quantitative estimate of drug-likeness (QED) is 0.931. The van der Waals surface area contributed by atoms with Crippen LogP contribution in [-0.4, -0.2) is 17.1 Å². The van der Waals surface area contributed by atoms with Crippen molar-refractivity contribution in [1.29, 1.82) is 5.26 Å². The van der Waals surface area contributed by atoms with E-state index in [2.05, 4.69) is 21.4 Å². The average Bonchev–Trinajstić information content (AvgIpc) is 2.99. The van der Waals surface area contributed by atoms with Gasteiger partial charge < -0.3 is 10.1 Å². The molecule has 0 aromatic carbocycles. The van der Waals surface area contributed by atoms with Crippen LogP contribution in [0.1, 0.15) is 28.8 Å². The van der Waals surface area contributed by atoms with Gasteiger partial charge in [-0.15, -0.1) is 0 Å². The summed E-state index contributed by atoms with van der Waals surface area (Å²) in [5.74, 6) is 1.25. The van der Waals surface area contributed by atoms with Gasteiger partial charge in [0.25, 0.3) is 0 Å². The standard InChI is InChI=1S/C16H16N4O/c1-21-15-6-5-11(9-18-15)10-19-16-13(8-17)7-12-3-2-4-14(12)20-16/h5-7,9H,2-4,10H2,1H3,(H,19,20). The zero-order chi connectivity index (χ0) is 14.7. The smallest absolute Gasteiger partial charge is 0.212 e. The molecular formula is C16H16N4O. The zero-order valence-corrected chi connectivity index (χ0v) is 11.9. The molecule has 106 valence electrons. The molecule has 0 saturated heterocycles. The number of rotatable bonds is 4. The Bertz CT molecular complexity index is 689. The predicted molar refractivity (Wildman–Crippen MR) is 79.1 cm³/mol. The van der Waals surface area contributed by atoms with Crippen LogP contribution in [0.15, 0.2) is 24.4 Å². The van der Waals surface area contributed by atoms with Crippen molar-refractivity contribution in [3.63, 3.8) is 0 Å². The molecule has 21 heavy (non-hydrogen) atoms. The number of aryl methyl sites for hydroxylation is 2. The van der Waals surface area contributed by atoms with Gasteiger partial charge >= 0.3 is 0 Å². The van der Waals surface area contributed by atoms with Crippen LogP contribution in [0.2, 0.25) is 0 Å². The minimum atomic E-state index is 0.581. The molecule has 0 unspecified atom stereocenters. The summed E-state index contributed by atoms with van der Waals surface area (Å²) >= 11 is 0. The third-order valence-electron chi connectivity index (χ3n) is 3.64. The minimum absolute atomic E-state index is 0.581. The Morgan fingerprint density at radius 3 is 3.00 bits per heavy atom. The van der Waals surface area contributed by atoms with E-state index in [0.29, 0.717) is 23.8 Å². The zero-order valence-electron chi connectivity index (χ0n) is 11.9. The molecule has 1 aliphatic carbocycles. The van der Waals surface area contributed by atoms with Crippen LogP contribution in [0.25, 0.3) is 0 Å². The fourth-order valence-corrected chi connectivity index (χ4v) is 2.51. The van der Waals surface area contributed by atoms with Gasteiger partial charge in [0, 0.05) is 24.5 Å². The first-order valence-electron chi connectivity index (χ1n) is 6.96. The summed E-state index contributed by atoms with van der Waals surface area (Å²) in [6.07, 6.45) is 4.91. The maximum atomic E-state index is 9.26. The highest BCUT2D eigenvalue weighted by Crippen LogP contribution is 2.25. The van der Waals surface area contributed by atoms with Crippen molar-refractivity contribution in [2.24, 2.45) is 0 Å². The summed E-state index contributed by atoms with van der Waals surface area (Å²) in [4.78, 5) is 8.76. The molecule has 0 spiro atoms. The van der Waals surface area contributed by atoms with E-state index in [1.807, 2.05) is 18.2 Å². The summed E-state index contributed by atoms with van der Waals surface area (Å²) in [5.41, 5.74) is 3.95. The number of nitrogens with zero attached hydrogens (tertiary/aromatic N) is 3. The number of nitrogens with one attached hydrogen (secondary N) is 1. The molecule has 2 aromatic heterocycles. The fraction of sp³-hybridized carbons (Fsp3) is 0.312. The van der Waals surface area contributed by atoms with Crippen molar-refractivity contribution >= 4 is 5.82 Å². The number of nitriles is 1. The largest absolute Gasteiger partial charge is 0.481 e. The third-order valence-corrected chi connectivity index (χ3v) is 3.64. The second-order valence-electron chi connectivity index (χ2n) is 5.02. The Morgan fingerprint density at radius 2 is 2.29 bits per heavy atom. The Balaban J connectivity index is 1.76. The van der Waals surface area contributed by atoms with Crippen LogP contribution in [0.5, 0.6) is 5.88 Å². The maximum Gasteiger partial charge on any atom is 0.212 e. The van der Waals surface area contributed by atoms with Gasteiger partial charge in [-0.2, -0.15) is 5.26 Å². The monoisotopic (exact) mass is 280 g/mol. The number of hydrogen-bond donors (Lipinski definition) is 1. The Hall–Kier alpha value is -2.61. The minimum Gasteiger partial charge on any atom is -0.481 e. The summed E-state index contributed by atoms with van der Waals surface area (Å²) in [5, 5.41) is 12.5. The van der Waals surface area contributed by atoms with E-state index in [9.17, 15) is 5.26 Å². The normalized spacial score (nSPS) is 12.6. The van der Waals surface area contributed by atoms with Crippen LogP contribution in [0.4, 0.5) is 5.82 Å². The topological polar surface area (TPSA) is 70.8 Å². The molecule has 0 bridgehead atoms. The van der Waals surface area contributed by atoms with Gasteiger partial charge in [0.2, 0.25) is 5.88 Å². The molecule has 0 atom stereocenters. The lowest BCUT2D eigenvalue weighted by Gasteiger charge is -2.10. The third kappa shape index (κ3) is 2.79. The van der Waals surface area contributed by atoms with E-state index in [-0.39, 0.29) is 0 Å². The highest BCUT2D eigenvalue weighted by atomic mass is 16.5. The van der Waals surface area contributed by atoms with Gasteiger partial charge in [0.1, 0.15) is 11.9 Å². The lowest BCUT2D eigenvalue weighted by atomic mass is 10.1. The first kappa shape index (κ1) is 13.4. The molecule has 3 rings (SSSR count). The molecule has 2 aromatic rings. The molecule has 0 amide bonds. The molecule has 1 N–H and O–H groups in total. The van der Waals surface area contributed by atoms with Crippen molar-refractivity contribution in [2.45, 2.75) is 25.8 Å². The SMILES string of the molecule is COc1ccc(CNc2nc3c(cc2C#N)CCC3)cn1. The maximum absolute atomic E-state index is 9.26. The number of hydrogen-bond acceptors (Lipinski definition) is 5. The molecule has 2 heterocycles. The fourth-order valence-electron chi connectivity index (χ4n) is 2.51. The van der Waals surface area contributed by atoms with Gasteiger partial charge in [0.05, 0.1) is 12.7 Å². The molecule has 5 nitrogen and oxygen atoms in total. The Labute approximate surface area is 123 Å². The van der Waals surface area contributed by atoms with Gasteiger partial charge in [-0.25, -0.2) is 9.97 Å². The highest BCUT2D eigenvalue weighted by molar-refractivity contribution is 5.55. The highest BCUT2D eigenvalue weighted by Gasteiger charge is 2.16. The predicted octanol–water partition coefficient (Wildman–Crippen LogP) is 2.46. The molecule has 1 aliphatic rings. The van der Waals surface area contributed by atoms with E-state index < -0.39 is 0 Å². The van der Waals surface area contributed by atoms with E-state index >= 15 is 0 Å². The second-order valence-corrected chi connectivity index (χ2v) is 5.02. The van der Waals surface area contributed by atoms with Gasteiger partial charge in [-0.1, -0.05) is 6.07 Å². The molecule has 0 saturated carbocycles. The Morgan fingerprint density at radius 1 is 1.38 bits per heavy atom. The number of methoxy groups -OCH3 is 1. The Kier molecular flexibility index (Phi) is 3.69. The van der Waals surface area contributed by atoms with Crippen LogP contribution in [-0.2, 0) is 19.4 Å². The summed E-state index contributed by atoms with van der Waals surface area (Å²) < 4.78 is 5.03. The van der Waals surface area contributed by atoms with Crippen molar-refractivity contribution in [1.82, 2.24) is 9.97 Å². The van der Waals surface area contributed by atoms with Gasteiger partial charge in [-0.3, -0.25) is 0 Å². The molecular weight excluding hydrogens is 264 g/mol. The van der Waals surface area contributed by atoms with E-state index in [1.165, 1.54) is 5.56 Å². The van der Waals surface area contributed by atoms with Crippen molar-refractivity contribution in [2.75, 3.05) is 12.4 Å². The van der Waals surface area contributed by atoms with Gasteiger partial charge in [-0.05, 0) is 36.5 Å². The number of aromatic nitrogens is 2. The van der Waals surface area contributed by atoms with E-state index in [0.717, 1.165) is 30.5 Å². The van der Waals surface area contributed by atoms with Crippen LogP contribution >= 0.6 is 0 Å². The second kappa shape index (κ2) is 5.80. The molecule has 5 heteroatoms. The van der Waals surface area contributed by atoms with Crippen molar-refractivity contribution in [3.05, 3.63) is 46.8 Å². The lowest BCUT2D eigenvalue weighted by Crippen LogP contribution is -2.06.